The monoisotopic (exact) mass is 548 g/mol. The highest BCUT2D eigenvalue weighted by Crippen LogP contribution is 2.35. The molecule has 1 unspecified atom stereocenters. The molecule has 0 aromatic heterocycles. The molecule has 0 bridgehead atoms. The molecule has 37 heavy (non-hydrogen) atoms. The molecule has 3 aromatic rings. The van der Waals surface area contributed by atoms with E-state index >= 15 is 0 Å². The first kappa shape index (κ1) is 27.9. The lowest BCUT2D eigenvalue weighted by atomic mass is 10.1. The van der Waals surface area contributed by atoms with Crippen LogP contribution in [0.3, 0.4) is 0 Å². The molecule has 0 aliphatic heterocycles. The van der Waals surface area contributed by atoms with Gasteiger partial charge in [0.05, 0.1) is 57.7 Å². The molecule has 198 valence electrons. The minimum Gasteiger partial charge on any atom is -0.497 e. The molecule has 3 aromatic carbocycles. The van der Waals surface area contributed by atoms with Gasteiger partial charge in [-0.15, -0.1) is 0 Å². The smallest absolute Gasteiger partial charge is 0.339 e. The third kappa shape index (κ3) is 6.95. The van der Waals surface area contributed by atoms with Crippen molar-refractivity contribution in [2.45, 2.75) is 10.6 Å². The van der Waals surface area contributed by atoms with Gasteiger partial charge < -0.3 is 27.9 Å². The summed E-state index contributed by atoms with van der Waals surface area (Å²) in [5.41, 5.74) is 1.18. The SMILES string of the molecule is COc1ccc(S(=O)(=O)Oc2cc(CS(=O)C=Cc3c(OC)cc(OC)cc3OC)ccc2OC)cc1. The molecule has 0 aliphatic rings. The third-order valence-corrected chi connectivity index (χ3v) is 7.53. The second kappa shape index (κ2) is 12.5. The van der Waals surface area contributed by atoms with Crippen molar-refractivity contribution in [1.82, 2.24) is 0 Å². The van der Waals surface area contributed by atoms with Crippen LogP contribution in [0.2, 0.25) is 0 Å². The minimum absolute atomic E-state index is 0.0182. The molecule has 3 rings (SSSR count). The fraction of sp³-hybridized carbons (Fsp3) is 0.231. The standard InChI is InChI=1S/C26H28O9S2/c1-30-19-7-9-21(10-8-19)37(28,29)35-26-14-18(6-11-23(26)32-3)17-36(27)13-12-22-24(33-4)15-20(31-2)16-25(22)34-5/h6-16H,17H2,1-5H3. The average molecular weight is 549 g/mol. The highest BCUT2D eigenvalue weighted by molar-refractivity contribution is 7.87. The van der Waals surface area contributed by atoms with Crippen molar-refractivity contribution >= 4 is 27.0 Å². The minimum atomic E-state index is -4.15. The normalized spacial score (nSPS) is 12.1. The van der Waals surface area contributed by atoms with E-state index in [1.54, 1.807) is 30.3 Å². The average Bonchev–Trinajstić information content (AvgIpc) is 2.91. The fourth-order valence-corrected chi connectivity index (χ4v) is 5.16. The quantitative estimate of drug-likeness (QED) is 0.304. The maximum atomic E-state index is 12.9. The van der Waals surface area contributed by atoms with Gasteiger partial charge in [0, 0.05) is 17.5 Å². The van der Waals surface area contributed by atoms with Crippen LogP contribution in [-0.2, 0) is 26.7 Å². The van der Waals surface area contributed by atoms with Crippen molar-refractivity contribution in [2.24, 2.45) is 0 Å². The van der Waals surface area contributed by atoms with Crippen LogP contribution in [-0.4, -0.2) is 48.2 Å². The van der Waals surface area contributed by atoms with Crippen molar-refractivity contribution in [2.75, 3.05) is 35.5 Å². The van der Waals surface area contributed by atoms with Crippen LogP contribution in [0.25, 0.3) is 6.08 Å². The Kier molecular flexibility index (Phi) is 9.42. The molecule has 11 heteroatoms. The summed E-state index contributed by atoms with van der Waals surface area (Å²) >= 11 is 0. The summed E-state index contributed by atoms with van der Waals surface area (Å²) in [5, 5.41) is 1.51. The van der Waals surface area contributed by atoms with E-state index in [4.69, 9.17) is 27.9 Å². The van der Waals surface area contributed by atoms with Gasteiger partial charge in [0.15, 0.2) is 11.5 Å². The maximum absolute atomic E-state index is 12.9. The van der Waals surface area contributed by atoms with Crippen LogP contribution in [0.5, 0.6) is 34.5 Å². The number of ether oxygens (including phenoxy) is 5. The molecule has 9 nitrogen and oxygen atoms in total. The Balaban J connectivity index is 1.82. The van der Waals surface area contributed by atoms with Crippen LogP contribution in [0.15, 0.2) is 64.9 Å². The summed E-state index contributed by atoms with van der Waals surface area (Å²) in [6, 6.07) is 13.9. The highest BCUT2D eigenvalue weighted by atomic mass is 32.2. The van der Waals surface area contributed by atoms with E-state index in [1.807, 2.05) is 0 Å². The Morgan fingerprint density at radius 1 is 0.703 bits per heavy atom. The van der Waals surface area contributed by atoms with Crippen molar-refractivity contribution in [3.05, 3.63) is 71.1 Å². The lowest BCUT2D eigenvalue weighted by Gasteiger charge is -2.13. The van der Waals surface area contributed by atoms with E-state index in [0.29, 0.717) is 34.1 Å². The zero-order valence-electron chi connectivity index (χ0n) is 21.0. The van der Waals surface area contributed by atoms with Gasteiger partial charge in [0.2, 0.25) is 0 Å². The Morgan fingerprint density at radius 2 is 1.30 bits per heavy atom. The van der Waals surface area contributed by atoms with E-state index in [1.165, 1.54) is 71.3 Å². The van der Waals surface area contributed by atoms with E-state index in [2.05, 4.69) is 0 Å². The van der Waals surface area contributed by atoms with Gasteiger partial charge in [-0.25, -0.2) is 0 Å². The molecule has 0 amide bonds. The van der Waals surface area contributed by atoms with Crippen LogP contribution < -0.4 is 27.9 Å². The Morgan fingerprint density at radius 3 is 1.84 bits per heavy atom. The topological polar surface area (TPSA) is 107 Å². The van der Waals surface area contributed by atoms with Crippen LogP contribution in [0.4, 0.5) is 0 Å². The summed E-state index contributed by atoms with van der Waals surface area (Å²) in [5.74, 6) is 2.35. The van der Waals surface area contributed by atoms with Crippen molar-refractivity contribution in [1.29, 1.82) is 0 Å². The zero-order chi connectivity index (χ0) is 27.0. The third-order valence-electron chi connectivity index (χ3n) is 5.22. The van der Waals surface area contributed by atoms with Gasteiger partial charge in [-0.05, 0) is 48.0 Å². The van der Waals surface area contributed by atoms with Gasteiger partial charge in [-0.3, -0.25) is 4.21 Å². The highest BCUT2D eigenvalue weighted by Gasteiger charge is 2.20. The zero-order valence-corrected chi connectivity index (χ0v) is 22.7. The van der Waals surface area contributed by atoms with E-state index in [-0.39, 0.29) is 22.1 Å². The Labute approximate surface area is 219 Å². The van der Waals surface area contributed by atoms with Crippen molar-refractivity contribution < 1.29 is 40.5 Å². The number of benzene rings is 3. The molecule has 0 saturated carbocycles. The van der Waals surface area contributed by atoms with Crippen molar-refractivity contribution in [3.8, 4) is 34.5 Å². The van der Waals surface area contributed by atoms with Gasteiger partial charge in [0.25, 0.3) is 0 Å². The van der Waals surface area contributed by atoms with Crippen LogP contribution >= 0.6 is 0 Å². The first-order valence-corrected chi connectivity index (χ1v) is 13.6. The van der Waals surface area contributed by atoms with E-state index < -0.39 is 20.9 Å². The van der Waals surface area contributed by atoms with Gasteiger partial charge in [0.1, 0.15) is 27.9 Å². The number of hydrogen-bond acceptors (Lipinski definition) is 9. The first-order chi connectivity index (χ1) is 17.7. The lowest BCUT2D eigenvalue weighted by molar-refractivity contribution is 0.374. The van der Waals surface area contributed by atoms with Crippen molar-refractivity contribution in [3.63, 3.8) is 0 Å². The maximum Gasteiger partial charge on any atom is 0.339 e. The van der Waals surface area contributed by atoms with Gasteiger partial charge in [-0.2, -0.15) is 8.42 Å². The lowest BCUT2D eigenvalue weighted by Crippen LogP contribution is -2.10. The number of rotatable bonds is 12. The molecule has 0 saturated heterocycles. The molecule has 0 fully saturated rings. The molecule has 0 N–H and O–H groups in total. The molecule has 0 spiro atoms. The van der Waals surface area contributed by atoms with Crippen LogP contribution in [0, 0.1) is 0 Å². The summed E-state index contributed by atoms with van der Waals surface area (Å²) in [6.07, 6.45) is 1.64. The summed E-state index contributed by atoms with van der Waals surface area (Å²) in [6.45, 7) is 0. The molecule has 0 aliphatic carbocycles. The molecular formula is C26H28O9S2. The molecule has 0 radical (unpaired) electrons. The summed E-state index contributed by atoms with van der Waals surface area (Å²) < 4.78 is 70.2. The predicted molar refractivity (Wildman–Crippen MR) is 141 cm³/mol. The fourth-order valence-electron chi connectivity index (χ4n) is 3.34. The predicted octanol–water partition coefficient (Wildman–Crippen LogP) is 4.42. The van der Waals surface area contributed by atoms with E-state index in [0.717, 1.165) is 0 Å². The molecule has 0 heterocycles. The second-order valence-electron chi connectivity index (χ2n) is 7.47. The number of methoxy groups -OCH3 is 5. The van der Waals surface area contributed by atoms with Gasteiger partial charge in [-0.1, -0.05) is 6.07 Å². The summed E-state index contributed by atoms with van der Waals surface area (Å²) in [7, 11) is 1.84. The van der Waals surface area contributed by atoms with Crippen LogP contribution in [0.1, 0.15) is 11.1 Å². The second-order valence-corrected chi connectivity index (χ2v) is 10.3. The first-order valence-electron chi connectivity index (χ1n) is 10.9. The van der Waals surface area contributed by atoms with E-state index in [9.17, 15) is 12.6 Å². The van der Waals surface area contributed by atoms with Gasteiger partial charge >= 0.3 is 10.1 Å². The molecular weight excluding hydrogens is 520 g/mol. The number of hydrogen-bond donors (Lipinski definition) is 0. The Hall–Kier alpha value is -3.70. The Bertz CT molecular complexity index is 1360. The summed E-state index contributed by atoms with van der Waals surface area (Å²) in [4.78, 5) is -0.0466. The molecule has 1 atom stereocenters. The largest absolute Gasteiger partial charge is 0.497 e.